The second kappa shape index (κ2) is 4.69. The summed E-state index contributed by atoms with van der Waals surface area (Å²) in [5.41, 5.74) is 0.298. The van der Waals surface area contributed by atoms with E-state index in [0.717, 1.165) is 0 Å². The van der Waals surface area contributed by atoms with E-state index in [1.807, 2.05) is 36.4 Å². The zero-order valence-corrected chi connectivity index (χ0v) is 11.4. The van der Waals surface area contributed by atoms with Crippen molar-refractivity contribution in [3.05, 3.63) is 21.0 Å². The Morgan fingerprint density at radius 1 is 1.40 bits per heavy atom. The molecule has 0 unspecified atom stereocenters. The molecule has 0 aliphatic carbocycles. The lowest BCUT2D eigenvalue weighted by Gasteiger charge is -2.22. The third kappa shape index (κ3) is 2.84. The van der Waals surface area contributed by atoms with Crippen molar-refractivity contribution in [2.75, 3.05) is 13.7 Å². The standard InChI is InChI=1S/C10H14FIN2O/c1-6-7(12)8(11)14-9(13-6)10(2,3)5-15-4/h5H2,1-4H3. The van der Waals surface area contributed by atoms with E-state index in [0.29, 0.717) is 21.7 Å². The molecule has 0 radical (unpaired) electrons. The summed E-state index contributed by atoms with van der Waals surface area (Å²) < 4.78 is 19.0. The minimum absolute atomic E-state index is 0.370. The molecule has 0 aliphatic rings. The van der Waals surface area contributed by atoms with Gasteiger partial charge in [-0.1, -0.05) is 13.8 Å². The second-order valence-corrected chi connectivity index (χ2v) is 5.13. The summed E-state index contributed by atoms with van der Waals surface area (Å²) >= 11 is 1.90. The first kappa shape index (κ1) is 12.8. The van der Waals surface area contributed by atoms with E-state index in [-0.39, 0.29) is 5.41 Å². The van der Waals surface area contributed by atoms with Crippen molar-refractivity contribution < 1.29 is 9.13 Å². The van der Waals surface area contributed by atoms with Gasteiger partial charge in [-0.2, -0.15) is 4.39 Å². The number of aromatic nitrogens is 2. The van der Waals surface area contributed by atoms with Crippen LogP contribution in [-0.2, 0) is 10.2 Å². The summed E-state index contributed by atoms with van der Waals surface area (Å²) in [5.74, 6) is 0.0297. The molecule has 15 heavy (non-hydrogen) atoms. The molecular formula is C10H14FIN2O. The van der Waals surface area contributed by atoms with Crippen LogP contribution in [0.1, 0.15) is 25.4 Å². The number of hydrogen-bond acceptors (Lipinski definition) is 3. The van der Waals surface area contributed by atoms with Crippen LogP contribution in [0.3, 0.4) is 0 Å². The molecule has 3 nitrogen and oxygen atoms in total. The molecule has 0 saturated carbocycles. The van der Waals surface area contributed by atoms with Crippen LogP contribution in [0, 0.1) is 16.4 Å². The van der Waals surface area contributed by atoms with E-state index in [2.05, 4.69) is 9.97 Å². The fourth-order valence-electron chi connectivity index (χ4n) is 1.25. The van der Waals surface area contributed by atoms with E-state index in [4.69, 9.17) is 4.74 Å². The fourth-order valence-corrected chi connectivity index (χ4v) is 1.49. The molecule has 0 N–H and O–H groups in total. The van der Waals surface area contributed by atoms with E-state index in [9.17, 15) is 4.39 Å². The Hall–Kier alpha value is -0.300. The lowest BCUT2D eigenvalue weighted by Crippen LogP contribution is -2.27. The van der Waals surface area contributed by atoms with Crippen molar-refractivity contribution in [3.8, 4) is 0 Å². The van der Waals surface area contributed by atoms with Gasteiger partial charge in [-0.25, -0.2) is 9.97 Å². The quantitative estimate of drug-likeness (QED) is 0.633. The van der Waals surface area contributed by atoms with Crippen molar-refractivity contribution in [2.24, 2.45) is 0 Å². The molecule has 0 bridgehead atoms. The van der Waals surface area contributed by atoms with Crippen LogP contribution in [-0.4, -0.2) is 23.7 Å². The van der Waals surface area contributed by atoms with Gasteiger partial charge in [0, 0.05) is 12.5 Å². The van der Waals surface area contributed by atoms with Crippen LogP contribution in [0.15, 0.2) is 0 Å². The Bertz CT molecular complexity index is 345. The first-order valence-electron chi connectivity index (χ1n) is 4.57. The highest BCUT2D eigenvalue weighted by Gasteiger charge is 2.25. The summed E-state index contributed by atoms with van der Waals surface area (Å²) in [6, 6.07) is 0. The third-order valence-electron chi connectivity index (χ3n) is 2.09. The normalized spacial score (nSPS) is 11.9. The van der Waals surface area contributed by atoms with Gasteiger partial charge in [0.1, 0.15) is 5.82 Å². The molecule has 84 valence electrons. The maximum atomic E-state index is 13.4. The molecule has 0 aliphatic heterocycles. The van der Waals surface area contributed by atoms with Gasteiger partial charge in [-0.15, -0.1) is 0 Å². The monoisotopic (exact) mass is 324 g/mol. The smallest absolute Gasteiger partial charge is 0.229 e. The molecule has 0 fully saturated rings. The van der Waals surface area contributed by atoms with Crippen LogP contribution in [0.5, 0.6) is 0 Å². The zero-order valence-electron chi connectivity index (χ0n) is 9.27. The summed E-state index contributed by atoms with van der Waals surface area (Å²) in [5, 5.41) is 0. The third-order valence-corrected chi connectivity index (χ3v) is 3.31. The van der Waals surface area contributed by atoms with Crippen molar-refractivity contribution in [1.82, 2.24) is 9.97 Å². The summed E-state index contributed by atoms with van der Waals surface area (Å²) in [4.78, 5) is 8.14. The molecule has 1 aromatic rings. The molecule has 0 atom stereocenters. The molecule has 0 amide bonds. The zero-order chi connectivity index (χ0) is 11.6. The fraction of sp³-hybridized carbons (Fsp3) is 0.600. The molecule has 0 saturated heterocycles. The van der Waals surface area contributed by atoms with Gasteiger partial charge in [-0.3, -0.25) is 0 Å². The number of hydrogen-bond donors (Lipinski definition) is 0. The topological polar surface area (TPSA) is 35.0 Å². The van der Waals surface area contributed by atoms with E-state index in [1.165, 1.54) is 0 Å². The highest BCUT2D eigenvalue weighted by Crippen LogP contribution is 2.22. The molecular weight excluding hydrogens is 310 g/mol. The van der Waals surface area contributed by atoms with Crippen molar-refractivity contribution >= 4 is 22.6 Å². The SMILES string of the molecule is COCC(C)(C)c1nc(C)c(I)c(F)n1. The van der Waals surface area contributed by atoms with Crippen molar-refractivity contribution in [1.29, 1.82) is 0 Å². The highest BCUT2D eigenvalue weighted by molar-refractivity contribution is 14.1. The molecule has 0 spiro atoms. The average Bonchev–Trinajstić information content (AvgIpc) is 2.13. The van der Waals surface area contributed by atoms with Crippen LogP contribution in [0.4, 0.5) is 4.39 Å². The Kier molecular flexibility index (Phi) is 3.99. The van der Waals surface area contributed by atoms with Gasteiger partial charge in [0.2, 0.25) is 5.95 Å². The van der Waals surface area contributed by atoms with Crippen molar-refractivity contribution in [2.45, 2.75) is 26.2 Å². The van der Waals surface area contributed by atoms with Gasteiger partial charge >= 0.3 is 0 Å². The Balaban J connectivity index is 3.16. The second-order valence-electron chi connectivity index (χ2n) is 4.05. The maximum Gasteiger partial charge on any atom is 0.229 e. The Labute approximate surface area is 103 Å². The molecule has 1 heterocycles. The number of aryl methyl sites for hydroxylation is 1. The minimum Gasteiger partial charge on any atom is -0.384 e. The predicted molar refractivity (Wildman–Crippen MR) is 64.3 cm³/mol. The van der Waals surface area contributed by atoms with Gasteiger partial charge < -0.3 is 4.74 Å². The lowest BCUT2D eigenvalue weighted by atomic mass is 9.93. The van der Waals surface area contributed by atoms with Crippen LogP contribution in [0.2, 0.25) is 0 Å². The van der Waals surface area contributed by atoms with Crippen molar-refractivity contribution in [3.63, 3.8) is 0 Å². The van der Waals surface area contributed by atoms with Gasteiger partial charge in [0.15, 0.2) is 0 Å². The van der Waals surface area contributed by atoms with Gasteiger partial charge in [-0.05, 0) is 29.5 Å². The first-order valence-corrected chi connectivity index (χ1v) is 5.65. The number of halogens is 2. The summed E-state index contributed by atoms with van der Waals surface area (Å²) in [7, 11) is 1.61. The summed E-state index contributed by atoms with van der Waals surface area (Å²) in [6.07, 6.45) is 0. The number of nitrogens with zero attached hydrogens (tertiary/aromatic N) is 2. The minimum atomic E-state index is -0.456. The van der Waals surface area contributed by atoms with E-state index < -0.39 is 5.95 Å². The number of rotatable bonds is 3. The summed E-state index contributed by atoms with van der Waals surface area (Å²) in [6.45, 7) is 6.10. The molecule has 5 heteroatoms. The van der Waals surface area contributed by atoms with E-state index >= 15 is 0 Å². The maximum absolute atomic E-state index is 13.4. The highest BCUT2D eigenvalue weighted by atomic mass is 127. The first-order chi connectivity index (χ1) is 6.88. The Morgan fingerprint density at radius 3 is 2.47 bits per heavy atom. The number of methoxy groups -OCH3 is 1. The van der Waals surface area contributed by atoms with Gasteiger partial charge in [0.25, 0.3) is 0 Å². The largest absolute Gasteiger partial charge is 0.384 e. The van der Waals surface area contributed by atoms with Crippen LogP contribution < -0.4 is 0 Å². The van der Waals surface area contributed by atoms with E-state index in [1.54, 1.807) is 14.0 Å². The van der Waals surface area contributed by atoms with Gasteiger partial charge in [0.05, 0.1) is 15.9 Å². The van der Waals surface area contributed by atoms with Crippen LogP contribution >= 0.6 is 22.6 Å². The Morgan fingerprint density at radius 2 is 2.00 bits per heavy atom. The lowest BCUT2D eigenvalue weighted by molar-refractivity contribution is 0.141. The molecule has 0 aromatic carbocycles. The molecule has 1 aromatic heterocycles. The molecule has 1 rings (SSSR count). The number of ether oxygens (including phenoxy) is 1. The van der Waals surface area contributed by atoms with Crippen LogP contribution in [0.25, 0.3) is 0 Å². The average molecular weight is 324 g/mol. The predicted octanol–water partition coefficient (Wildman–Crippen LogP) is 2.45.